The zero-order chi connectivity index (χ0) is 20.4. The van der Waals surface area contributed by atoms with E-state index < -0.39 is 5.82 Å². The summed E-state index contributed by atoms with van der Waals surface area (Å²) < 4.78 is 32.6. The van der Waals surface area contributed by atoms with Crippen molar-refractivity contribution >= 4 is 23.1 Å². The van der Waals surface area contributed by atoms with E-state index in [0.29, 0.717) is 17.1 Å². The highest BCUT2D eigenvalue weighted by Crippen LogP contribution is 2.21. The zero-order valence-corrected chi connectivity index (χ0v) is 15.2. The third-order valence-electron chi connectivity index (χ3n) is 3.92. The minimum Gasteiger partial charge on any atom is -0.339 e. The molecule has 0 bridgehead atoms. The van der Waals surface area contributed by atoms with E-state index in [1.807, 2.05) is 0 Å². The van der Waals surface area contributed by atoms with Crippen molar-refractivity contribution in [3.8, 4) is 11.4 Å². The van der Waals surface area contributed by atoms with Crippen molar-refractivity contribution in [3.63, 3.8) is 0 Å². The van der Waals surface area contributed by atoms with Gasteiger partial charge in [-0.3, -0.25) is 5.41 Å². The number of aromatic nitrogens is 6. The molecule has 0 saturated carbocycles. The van der Waals surface area contributed by atoms with E-state index in [1.54, 1.807) is 12.1 Å². The van der Waals surface area contributed by atoms with E-state index in [4.69, 9.17) is 21.6 Å². The van der Waals surface area contributed by atoms with Crippen molar-refractivity contribution in [2.24, 2.45) is 0 Å². The van der Waals surface area contributed by atoms with Crippen LogP contribution in [0.2, 0.25) is 5.02 Å². The standard InChI is InChI=1S/C17H11ClF2N8O/c18-12-7-11(5-6-13(12)20)22-16(21)15-14(24-29-25-15)8-28-17(23-26-27-28)9-1-3-10(19)4-2-9/h1-7H,8H2,(H2,21,22). The number of hydrogen-bond acceptors (Lipinski definition) is 7. The Morgan fingerprint density at radius 1 is 1.14 bits per heavy atom. The largest absolute Gasteiger partial charge is 0.339 e. The summed E-state index contributed by atoms with van der Waals surface area (Å²) in [5, 5.41) is 29.9. The molecular formula is C17H11ClF2N8O. The highest BCUT2D eigenvalue weighted by atomic mass is 35.5. The van der Waals surface area contributed by atoms with Crippen LogP contribution in [0.4, 0.5) is 14.5 Å². The molecule has 0 aliphatic heterocycles. The van der Waals surface area contributed by atoms with Crippen LogP contribution in [0.3, 0.4) is 0 Å². The summed E-state index contributed by atoms with van der Waals surface area (Å²) in [6, 6.07) is 9.62. The van der Waals surface area contributed by atoms with Gasteiger partial charge in [-0.05, 0) is 58.0 Å². The lowest BCUT2D eigenvalue weighted by atomic mass is 10.2. The van der Waals surface area contributed by atoms with E-state index >= 15 is 0 Å². The highest BCUT2D eigenvalue weighted by molar-refractivity contribution is 6.31. The van der Waals surface area contributed by atoms with Crippen molar-refractivity contribution < 1.29 is 13.4 Å². The first-order chi connectivity index (χ1) is 14.0. The van der Waals surface area contributed by atoms with Crippen molar-refractivity contribution in [3.05, 3.63) is 70.5 Å². The smallest absolute Gasteiger partial charge is 0.182 e. The van der Waals surface area contributed by atoms with Crippen molar-refractivity contribution in [2.75, 3.05) is 5.32 Å². The van der Waals surface area contributed by atoms with Crippen molar-refractivity contribution in [2.45, 2.75) is 6.54 Å². The normalized spacial score (nSPS) is 10.9. The van der Waals surface area contributed by atoms with Crippen molar-refractivity contribution in [1.82, 2.24) is 30.5 Å². The predicted octanol–water partition coefficient (Wildman–Crippen LogP) is 3.14. The van der Waals surface area contributed by atoms with Gasteiger partial charge in [-0.25, -0.2) is 18.1 Å². The highest BCUT2D eigenvalue weighted by Gasteiger charge is 2.19. The Labute approximate surface area is 166 Å². The number of benzene rings is 2. The molecule has 0 amide bonds. The first-order valence-electron chi connectivity index (χ1n) is 8.16. The van der Waals surface area contributed by atoms with Gasteiger partial charge in [0.1, 0.15) is 17.3 Å². The lowest BCUT2D eigenvalue weighted by Gasteiger charge is -2.07. The van der Waals surface area contributed by atoms with Crippen LogP contribution in [-0.4, -0.2) is 36.4 Å². The summed E-state index contributed by atoms with van der Waals surface area (Å²) in [6.45, 7) is 0.0484. The number of rotatable bonds is 5. The SMILES string of the molecule is N=C(Nc1ccc(F)c(Cl)c1)c1nonc1Cn1nnnc1-c1ccc(F)cc1. The van der Waals surface area contributed by atoms with Crippen LogP contribution in [0.1, 0.15) is 11.4 Å². The molecule has 4 rings (SSSR count). The van der Waals surface area contributed by atoms with Gasteiger partial charge in [0.05, 0.1) is 11.6 Å². The minimum atomic E-state index is -0.570. The second-order valence-corrected chi connectivity index (χ2v) is 6.26. The maximum absolute atomic E-state index is 13.3. The predicted molar refractivity (Wildman–Crippen MR) is 98.5 cm³/mol. The number of amidine groups is 1. The number of tetrazole rings is 1. The third kappa shape index (κ3) is 3.94. The molecule has 2 heterocycles. The van der Waals surface area contributed by atoms with Gasteiger partial charge < -0.3 is 5.32 Å². The third-order valence-corrected chi connectivity index (χ3v) is 4.21. The zero-order valence-electron chi connectivity index (χ0n) is 14.5. The second kappa shape index (κ2) is 7.72. The molecule has 0 aliphatic rings. The summed E-state index contributed by atoms with van der Waals surface area (Å²) in [7, 11) is 0. The molecule has 2 aromatic carbocycles. The van der Waals surface area contributed by atoms with Gasteiger partial charge in [0.15, 0.2) is 17.4 Å². The van der Waals surface area contributed by atoms with Gasteiger partial charge >= 0.3 is 0 Å². The maximum Gasteiger partial charge on any atom is 0.182 e. The lowest BCUT2D eigenvalue weighted by molar-refractivity contribution is 0.301. The van der Waals surface area contributed by atoms with Gasteiger partial charge in [-0.1, -0.05) is 16.8 Å². The molecule has 0 aliphatic carbocycles. The average Bonchev–Trinajstić information content (AvgIpc) is 3.35. The molecule has 0 saturated heterocycles. The Morgan fingerprint density at radius 3 is 2.69 bits per heavy atom. The monoisotopic (exact) mass is 416 g/mol. The molecule has 146 valence electrons. The first-order valence-corrected chi connectivity index (χ1v) is 8.53. The summed E-state index contributed by atoms with van der Waals surface area (Å²) in [5.74, 6) is -0.709. The number of anilines is 1. The number of hydrogen-bond donors (Lipinski definition) is 2. The molecule has 2 N–H and O–H groups in total. The fourth-order valence-corrected chi connectivity index (χ4v) is 2.72. The Balaban J connectivity index is 1.56. The lowest BCUT2D eigenvalue weighted by Crippen LogP contribution is -2.16. The van der Waals surface area contributed by atoms with Gasteiger partial charge in [0.2, 0.25) is 0 Å². The molecular weight excluding hydrogens is 406 g/mol. The minimum absolute atomic E-state index is 0.0484. The Bertz CT molecular complexity index is 1170. The van der Waals surface area contributed by atoms with Gasteiger partial charge in [-0.2, -0.15) is 0 Å². The summed E-state index contributed by atoms with van der Waals surface area (Å²) in [6.07, 6.45) is 0. The van der Waals surface area contributed by atoms with Gasteiger partial charge in [-0.15, -0.1) is 5.10 Å². The van der Waals surface area contributed by atoms with Crippen LogP contribution >= 0.6 is 11.6 Å². The fraction of sp³-hybridized carbons (Fsp3) is 0.0588. The first kappa shape index (κ1) is 18.6. The molecule has 29 heavy (non-hydrogen) atoms. The van der Waals surface area contributed by atoms with E-state index in [0.717, 1.165) is 0 Å². The van der Waals surface area contributed by atoms with Crippen LogP contribution in [0.5, 0.6) is 0 Å². The fourth-order valence-electron chi connectivity index (χ4n) is 2.54. The van der Waals surface area contributed by atoms with E-state index in [2.05, 4.69) is 31.2 Å². The Morgan fingerprint density at radius 2 is 1.93 bits per heavy atom. The quantitative estimate of drug-likeness (QED) is 0.379. The van der Waals surface area contributed by atoms with Gasteiger partial charge in [0.25, 0.3) is 0 Å². The molecule has 0 unspecified atom stereocenters. The second-order valence-electron chi connectivity index (χ2n) is 5.86. The van der Waals surface area contributed by atoms with Gasteiger partial charge in [0, 0.05) is 11.3 Å². The molecule has 2 aromatic heterocycles. The number of halogens is 3. The number of nitrogens with zero attached hydrogens (tertiary/aromatic N) is 6. The van der Waals surface area contributed by atoms with Crippen LogP contribution in [-0.2, 0) is 6.54 Å². The van der Waals surface area contributed by atoms with E-state index in [9.17, 15) is 8.78 Å². The van der Waals surface area contributed by atoms with E-state index in [1.165, 1.54) is 35.0 Å². The van der Waals surface area contributed by atoms with Crippen LogP contribution < -0.4 is 5.32 Å². The molecule has 9 nitrogen and oxygen atoms in total. The molecule has 0 fully saturated rings. The topological polar surface area (TPSA) is 118 Å². The maximum atomic E-state index is 13.3. The molecule has 4 aromatic rings. The van der Waals surface area contributed by atoms with Crippen LogP contribution in [0.25, 0.3) is 11.4 Å². The molecule has 0 radical (unpaired) electrons. The van der Waals surface area contributed by atoms with Crippen molar-refractivity contribution in [1.29, 1.82) is 5.41 Å². The van der Waals surface area contributed by atoms with Crippen LogP contribution in [0.15, 0.2) is 47.1 Å². The average molecular weight is 417 g/mol. The Kier molecular flexibility index (Phi) is 4.96. The summed E-state index contributed by atoms with van der Waals surface area (Å²) in [4.78, 5) is 0. The molecule has 0 spiro atoms. The van der Waals surface area contributed by atoms with Crippen LogP contribution in [0, 0.1) is 17.0 Å². The molecule has 0 atom stereocenters. The number of nitrogens with one attached hydrogen (secondary N) is 2. The summed E-state index contributed by atoms with van der Waals surface area (Å²) >= 11 is 5.75. The summed E-state index contributed by atoms with van der Waals surface area (Å²) in [5.41, 5.74) is 1.39. The Hall–Kier alpha value is -3.73. The van der Waals surface area contributed by atoms with E-state index in [-0.39, 0.29) is 34.6 Å². The molecule has 12 heteroatoms.